The third-order valence-electron chi connectivity index (χ3n) is 3.14. The zero-order chi connectivity index (χ0) is 13.5. The van der Waals surface area contributed by atoms with Gasteiger partial charge in [-0.2, -0.15) is 0 Å². The second-order valence-electron chi connectivity index (χ2n) is 5.05. The first-order valence-electron chi connectivity index (χ1n) is 8.08. The molecule has 0 aromatic rings. The van der Waals surface area contributed by atoms with E-state index in [9.17, 15) is 0 Å². The van der Waals surface area contributed by atoms with Gasteiger partial charge in [-0.1, -0.05) is 65.7 Å². The second kappa shape index (κ2) is 15.0. The fourth-order valence-corrected chi connectivity index (χ4v) is 1.98. The number of unbranched alkanes of at least 4 members (excludes halogenated alkanes) is 7. The van der Waals surface area contributed by atoms with E-state index in [1.54, 1.807) is 0 Å². The molecule has 0 aliphatic carbocycles. The topological polar surface area (TPSA) is 18.5 Å². The second-order valence-corrected chi connectivity index (χ2v) is 5.05. The molecule has 110 valence electrons. The molecule has 0 fully saturated rings. The van der Waals surface area contributed by atoms with Crippen LogP contribution in [-0.4, -0.2) is 19.5 Å². The first-order chi connectivity index (χ1) is 8.85. The van der Waals surface area contributed by atoms with Gasteiger partial charge < -0.3 is 9.47 Å². The summed E-state index contributed by atoms with van der Waals surface area (Å²) in [7, 11) is 0. The molecule has 2 nitrogen and oxygen atoms in total. The zero-order valence-electron chi connectivity index (χ0n) is 12.9. The molecule has 2 heteroatoms. The van der Waals surface area contributed by atoms with Crippen LogP contribution in [0.1, 0.15) is 85.0 Å². The molecule has 0 radical (unpaired) electrons. The average Bonchev–Trinajstić information content (AvgIpc) is 2.40. The van der Waals surface area contributed by atoms with E-state index in [0.717, 1.165) is 26.1 Å². The summed E-state index contributed by atoms with van der Waals surface area (Å²) in [4.78, 5) is 0. The van der Waals surface area contributed by atoms with Crippen molar-refractivity contribution in [3.05, 3.63) is 0 Å². The van der Waals surface area contributed by atoms with Crippen molar-refractivity contribution in [2.45, 2.75) is 91.3 Å². The van der Waals surface area contributed by atoms with Crippen LogP contribution in [0.25, 0.3) is 0 Å². The average molecular weight is 258 g/mol. The molecule has 0 aliphatic rings. The quantitative estimate of drug-likeness (QED) is 0.311. The molecule has 0 aliphatic heterocycles. The predicted molar refractivity (Wildman–Crippen MR) is 78.9 cm³/mol. The van der Waals surface area contributed by atoms with Crippen LogP contribution in [0.4, 0.5) is 0 Å². The highest BCUT2D eigenvalue weighted by molar-refractivity contribution is 4.47. The van der Waals surface area contributed by atoms with Gasteiger partial charge in [-0.25, -0.2) is 0 Å². The molecule has 0 aromatic carbocycles. The number of hydrogen-bond donors (Lipinski definition) is 0. The first-order valence-corrected chi connectivity index (χ1v) is 8.08. The molecule has 0 bridgehead atoms. The van der Waals surface area contributed by atoms with E-state index in [1.807, 2.05) is 0 Å². The molecule has 0 rings (SSSR count). The molecule has 0 saturated carbocycles. The van der Waals surface area contributed by atoms with E-state index >= 15 is 0 Å². The molecule has 0 saturated heterocycles. The van der Waals surface area contributed by atoms with Gasteiger partial charge in [0.05, 0.1) is 0 Å². The molecule has 0 amide bonds. The van der Waals surface area contributed by atoms with Crippen molar-refractivity contribution in [1.82, 2.24) is 0 Å². The highest BCUT2D eigenvalue weighted by atomic mass is 16.7. The predicted octanol–water partition coefficient (Wildman–Crippen LogP) is 5.31. The summed E-state index contributed by atoms with van der Waals surface area (Å²) in [6.45, 7) is 8.19. The Labute approximate surface area is 114 Å². The van der Waals surface area contributed by atoms with Crippen LogP contribution in [0.2, 0.25) is 0 Å². The van der Waals surface area contributed by atoms with E-state index in [4.69, 9.17) is 9.47 Å². The lowest BCUT2D eigenvalue weighted by Crippen LogP contribution is -2.17. The normalized spacial score (nSPS) is 12.8. The first kappa shape index (κ1) is 17.9. The smallest absolute Gasteiger partial charge is 0.157 e. The van der Waals surface area contributed by atoms with Crippen LogP contribution in [-0.2, 0) is 9.47 Å². The Balaban J connectivity index is 3.17. The minimum absolute atomic E-state index is 0.0227. The molecule has 18 heavy (non-hydrogen) atoms. The molecule has 0 spiro atoms. The maximum Gasteiger partial charge on any atom is 0.157 e. The van der Waals surface area contributed by atoms with Gasteiger partial charge in [0.15, 0.2) is 6.29 Å². The Morgan fingerprint density at radius 3 is 1.72 bits per heavy atom. The van der Waals surface area contributed by atoms with Gasteiger partial charge in [0, 0.05) is 13.2 Å². The highest BCUT2D eigenvalue weighted by Gasteiger charge is 2.04. The van der Waals surface area contributed by atoms with E-state index in [1.165, 1.54) is 51.4 Å². The summed E-state index contributed by atoms with van der Waals surface area (Å²) < 4.78 is 11.3. The zero-order valence-corrected chi connectivity index (χ0v) is 12.9. The van der Waals surface area contributed by atoms with Crippen molar-refractivity contribution in [2.75, 3.05) is 13.2 Å². The van der Waals surface area contributed by atoms with Crippen LogP contribution < -0.4 is 0 Å². The van der Waals surface area contributed by atoms with E-state index in [2.05, 4.69) is 20.8 Å². The maximum absolute atomic E-state index is 5.72. The summed E-state index contributed by atoms with van der Waals surface area (Å²) in [5.41, 5.74) is 0. The summed E-state index contributed by atoms with van der Waals surface area (Å²) in [5.74, 6) is 0. The minimum Gasteiger partial charge on any atom is -0.353 e. The van der Waals surface area contributed by atoms with E-state index in [-0.39, 0.29) is 6.29 Å². The SMILES string of the molecule is CCCCCCCCCCOC(CC)OCCC. The standard InChI is InChI=1S/C16H34O2/c1-4-7-8-9-10-11-12-13-15-18-16(6-3)17-14-5-2/h16H,4-15H2,1-3H3. The van der Waals surface area contributed by atoms with Crippen molar-refractivity contribution >= 4 is 0 Å². The lowest BCUT2D eigenvalue weighted by Gasteiger charge is -2.16. The van der Waals surface area contributed by atoms with Crippen molar-refractivity contribution in [2.24, 2.45) is 0 Å². The van der Waals surface area contributed by atoms with Crippen LogP contribution in [0.15, 0.2) is 0 Å². The van der Waals surface area contributed by atoms with Gasteiger partial charge in [-0.15, -0.1) is 0 Å². The van der Waals surface area contributed by atoms with Crippen LogP contribution in [0.3, 0.4) is 0 Å². The fourth-order valence-electron chi connectivity index (χ4n) is 1.98. The largest absolute Gasteiger partial charge is 0.353 e. The van der Waals surface area contributed by atoms with Crippen molar-refractivity contribution < 1.29 is 9.47 Å². The summed E-state index contributed by atoms with van der Waals surface area (Å²) in [6.07, 6.45) is 12.8. The Hall–Kier alpha value is -0.0800. The summed E-state index contributed by atoms with van der Waals surface area (Å²) in [6, 6.07) is 0. The Kier molecular flexibility index (Phi) is 14.9. The van der Waals surface area contributed by atoms with Crippen LogP contribution in [0, 0.1) is 0 Å². The van der Waals surface area contributed by atoms with Gasteiger partial charge in [0.2, 0.25) is 0 Å². The van der Waals surface area contributed by atoms with Crippen LogP contribution >= 0.6 is 0 Å². The Bertz CT molecular complexity index is 148. The lowest BCUT2D eigenvalue weighted by molar-refractivity contribution is -0.144. The van der Waals surface area contributed by atoms with Crippen LogP contribution in [0.5, 0.6) is 0 Å². The number of hydrogen-bond acceptors (Lipinski definition) is 2. The van der Waals surface area contributed by atoms with E-state index < -0.39 is 0 Å². The minimum atomic E-state index is 0.0227. The summed E-state index contributed by atoms with van der Waals surface area (Å²) >= 11 is 0. The van der Waals surface area contributed by atoms with Gasteiger partial charge >= 0.3 is 0 Å². The van der Waals surface area contributed by atoms with Gasteiger partial charge in [0.25, 0.3) is 0 Å². The molecule has 1 atom stereocenters. The van der Waals surface area contributed by atoms with Crippen molar-refractivity contribution in [3.63, 3.8) is 0 Å². The third-order valence-corrected chi connectivity index (χ3v) is 3.14. The van der Waals surface area contributed by atoms with Crippen molar-refractivity contribution in [3.8, 4) is 0 Å². The van der Waals surface area contributed by atoms with E-state index in [0.29, 0.717) is 0 Å². The lowest BCUT2D eigenvalue weighted by atomic mass is 10.1. The monoisotopic (exact) mass is 258 g/mol. The maximum atomic E-state index is 5.72. The molecule has 0 heterocycles. The van der Waals surface area contributed by atoms with Gasteiger partial charge in [0.1, 0.15) is 0 Å². The van der Waals surface area contributed by atoms with Gasteiger partial charge in [-0.3, -0.25) is 0 Å². The number of rotatable bonds is 14. The molecule has 1 unspecified atom stereocenters. The molecular weight excluding hydrogens is 224 g/mol. The number of ether oxygens (including phenoxy) is 2. The Morgan fingerprint density at radius 1 is 0.611 bits per heavy atom. The fraction of sp³-hybridized carbons (Fsp3) is 1.00. The van der Waals surface area contributed by atoms with Crippen molar-refractivity contribution in [1.29, 1.82) is 0 Å². The summed E-state index contributed by atoms with van der Waals surface area (Å²) in [5, 5.41) is 0. The third kappa shape index (κ3) is 12.4. The molecule has 0 N–H and O–H groups in total. The highest BCUT2D eigenvalue weighted by Crippen LogP contribution is 2.09. The molecule has 0 aromatic heterocycles. The van der Waals surface area contributed by atoms with Gasteiger partial charge in [-0.05, 0) is 19.3 Å². The Morgan fingerprint density at radius 2 is 1.17 bits per heavy atom. The molecular formula is C16H34O2.